The summed E-state index contributed by atoms with van der Waals surface area (Å²) < 4.78 is 3.38. The van der Waals surface area contributed by atoms with Gasteiger partial charge in [-0.3, -0.25) is 4.79 Å². The van der Waals surface area contributed by atoms with Crippen LogP contribution in [0.2, 0.25) is 0 Å². The Kier molecular flexibility index (Phi) is 3.66. The Morgan fingerprint density at radius 3 is 2.75 bits per heavy atom. The van der Waals surface area contributed by atoms with Gasteiger partial charge in [-0.1, -0.05) is 29.5 Å². The van der Waals surface area contributed by atoms with E-state index < -0.39 is 0 Å². The molecule has 0 amide bonds. The molecule has 0 saturated carbocycles. The van der Waals surface area contributed by atoms with E-state index in [1.54, 1.807) is 4.40 Å². The Labute approximate surface area is 150 Å². The molecular formula is C18H14BrN3OS. The van der Waals surface area contributed by atoms with E-state index in [1.807, 2.05) is 67.5 Å². The highest BCUT2D eigenvalue weighted by Crippen LogP contribution is 2.26. The van der Waals surface area contributed by atoms with Gasteiger partial charge < -0.3 is 4.90 Å². The molecule has 120 valence electrons. The zero-order valence-electron chi connectivity index (χ0n) is 13.2. The van der Waals surface area contributed by atoms with Crippen molar-refractivity contribution in [3.05, 3.63) is 67.4 Å². The van der Waals surface area contributed by atoms with E-state index >= 15 is 0 Å². The Morgan fingerprint density at radius 2 is 2.00 bits per heavy atom. The number of benzene rings is 2. The van der Waals surface area contributed by atoms with Gasteiger partial charge in [-0.15, -0.1) is 0 Å². The lowest BCUT2D eigenvalue weighted by Crippen LogP contribution is -2.22. The summed E-state index contributed by atoms with van der Waals surface area (Å²) in [5.41, 5.74) is 3.78. The Balaban J connectivity index is 1.90. The second-order valence-corrected chi connectivity index (χ2v) is 7.60. The molecule has 0 bridgehead atoms. The Bertz CT molecular complexity index is 1180. The van der Waals surface area contributed by atoms with Crippen molar-refractivity contribution in [2.45, 2.75) is 0 Å². The highest BCUT2D eigenvalue weighted by molar-refractivity contribution is 9.10. The number of thiazole rings is 1. The minimum Gasteiger partial charge on any atom is -0.377 e. The summed E-state index contributed by atoms with van der Waals surface area (Å²) in [6.07, 6.45) is 1.92. The molecular weight excluding hydrogens is 386 g/mol. The summed E-state index contributed by atoms with van der Waals surface area (Å²) in [5.74, 6) is 0. The van der Waals surface area contributed by atoms with E-state index in [0.29, 0.717) is 4.53 Å². The molecule has 24 heavy (non-hydrogen) atoms. The van der Waals surface area contributed by atoms with Crippen LogP contribution in [0.15, 0.2) is 51.7 Å². The van der Waals surface area contributed by atoms with Crippen LogP contribution in [-0.2, 0) is 0 Å². The van der Waals surface area contributed by atoms with Crippen LogP contribution in [0.1, 0.15) is 5.56 Å². The summed E-state index contributed by atoms with van der Waals surface area (Å²) in [6, 6.07) is 13.8. The zero-order valence-corrected chi connectivity index (χ0v) is 15.6. The minimum atomic E-state index is -0.0171. The fourth-order valence-corrected chi connectivity index (χ4v) is 4.48. The monoisotopic (exact) mass is 399 g/mol. The fraction of sp³-hybridized carbons (Fsp3) is 0.111. The summed E-state index contributed by atoms with van der Waals surface area (Å²) in [4.78, 5) is 20.1. The molecule has 2 heterocycles. The number of aromatic nitrogens is 2. The molecule has 4 rings (SSSR count). The first kappa shape index (κ1) is 15.4. The number of para-hydroxylation sites is 2. The number of halogens is 1. The largest absolute Gasteiger partial charge is 0.377 e. The predicted molar refractivity (Wildman–Crippen MR) is 104 cm³/mol. The lowest BCUT2D eigenvalue weighted by molar-refractivity contribution is 1.12. The van der Waals surface area contributed by atoms with Gasteiger partial charge in [0.1, 0.15) is 0 Å². The molecule has 2 aromatic heterocycles. The Hall–Kier alpha value is -2.18. The van der Waals surface area contributed by atoms with Crippen molar-refractivity contribution in [1.29, 1.82) is 0 Å². The van der Waals surface area contributed by atoms with Gasteiger partial charge in [0.25, 0.3) is 5.56 Å². The Morgan fingerprint density at radius 1 is 1.21 bits per heavy atom. The van der Waals surface area contributed by atoms with Crippen molar-refractivity contribution in [1.82, 2.24) is 9.38 Å². The molecule has 0 aliphatic rings. The zero-order chi connectivity index (χ0) is 16.8. The minimum absolute atomic E-state index is 0.0171. The van der Waals surface area contributed by atoms with E-state index in [9.17, 15) is 4.79 Å². The summed E-state index contributed by atoms with van der Waals surface area (Å²) >= 11 is 5.00. The van der Waals surface area contributed by atoms with Gasteiger partial charge >= 0.3 is 0 Å². The van der Waals surface area contributed by atoms with Gasteiger partial charge in [-0.05, 0) is 51.8 Å². The summed E-state index contributed by atoms with van der Waals surface area (Å²) in [6.45, 7) is 0. The topological polar surface area (TPSA) is 37.6 Å². The van der Waals surface area contributed by atoms with Gasteiger partial charge in [0, 0.05) is 18.6 Å². The molecule has 0 N–H and O–H groups in total. The fourth-order valence-electron chi connectivity index (χ4n) is 2.74. The van der Waals surface area contributed by atoms with Gasteiger partial charge in [-0.25, -0.2) is 9.38 Å². The average Bonchev–Trinajstić information content (AvgIpc) is 3.04. The first-order valence-electron chi connectivity index (χ1n) is 7.43. The van der Waals surface area contributed by atoms with Crippen LogP contribution in [-0.4, -0.2) is 23.5 Å². The lowest BCUT2D eigenvalue weighted by atomic mass is 10.2. The van der Waals surface area contributed by atoms with Crippen LogP contribution in [0.4, 0.5) is 5.69 Å². The third-order valence-electron chi connectivity index (χ3n) is 3.90. The highest BCUT2D eigenvalue weighted by atomic mass is 79.9. The molecule has 0 unspecified atom stereocenters. The quantitative estimate of drug-likeness (QED) is 0.518. The van der Waals surface area contributed by atoms with Gasteiger partial charge in [-0.2, -0.15) is 0 Å². The van der Waals surface area contributed by atoms with Gasteiger partial charge in [0.05, 0.1) is 21.3 Å². The SMILES string of the molecule is CN(C)c1ccc(/C=c2/sc3nc4ccccc4n3c2=O)cc1Br. The standard InChI is InChI=1S/C18H14BrN3OS/c1-21(2)14-8-7-11(9-12(14)19)10-16-17(23)22-15-6-4-3-5-13(15)20-18(22)24-16/h3-10H,1-2H3/b16-10+. The number of hydrogen-bond acceptors (Lipinski definition) is 4. The van der Waals surface area contributed by atoms with Gasteiger partial charge in [0.15, 0.2) is 4.96 Å². The van der Waals surface area contributed by atoms with Crippen LogP contribution < -0.4 is 15.0 Å². The third kappa shape index (κ3) is 2.42. The third-order valence-corrected chi connectivity index (χ3v) is 5.50. The molecule has 4 nitrogen and oxygen atoms in total. The van der Waals surface area contributed by atoms with Crippen LogP contribution >= 0.6 is 27.3 Å². The molecule has 0 aliphatic carbocycles. The summed E-state index contributed by atoms with van der Waals surface area (Å²) in [5, 5.41) is 0. The number of imidazole rings is 1. The van der Waals surface area contributed by atoms with Crippen LogP contribution in [0.3, 0.4) is 0 Å². The van der Waals surface area contributed by atoms with E-state index in [1.165, 1.54) is 11.3 Å². The molecule has 0 aliphatic heterocycles. The maximum absolute atomic E-state index is 12.8. The first-order valence-corrected chi connectivity index (χ1v) is 9.04. The number of nitrogens with zero attached hydrogens (tertiary/aromatic N) is 3. The van der Waals surface area contributed by atoms with E-state index in [2.05, 4.69) is 20.9 Å². The van der Waals surface area contributed by atoms with Crippen molar-refractivity contribution in [3.8, 4) is 0 Å². The van der Waals surface area contributed by atoms with Crippen molar-refractivity contribution < 1.29 is 0 Å². The van der Waals surface area contributed by atoms with Crippen molar-refractivity contribution in [2.75, 3.05) is 19.0 Å². The molecule has 0 fully saturated rings. The molecule has 4 aromatic rings. The molecule has 0 spiro atoms. The lowest BCUT2D eigenvalue weighted by Gasteiger charge is -2.14. The number of fused-ring (bicyclic) bond motifs is 3. The molecule has 0 atom stereocenters. The van der Waals surface area contributed by atoms with Crippen LogP contribution in [0, 0.1) is 0 Å². The van der Waals surface area contributed by atoms with Crippen molar-refractivity contribution >= 4 is 55.0 Å². The summed E-state index contributed by atoms with van der Waals surface area (Å²) in [7, 11) is 4.00. The second kappa shape index (κ2) is 5.72. The van der Waals surface area contributed by atoms with E-state index in [-0.39, 0.29) is 5.56 Å². The number of rotatable bonds is 2. The maximum atomic E-state index is 12.8. The van der Waals surface area contributed by atoms with Gasteiger partial charge in [0.2, 0.25) is 0 Å². The molecule has 6 heteroatoms. The normalized spacial score (nSPS) is 12.4. The number of anilines is 1. The molecule has 0 radical (unpaired) electrons. The maximum Gasteiger partial charge on any atom is 0.274 e. The molecule has 2 aromatic carbocycles. The average molecular weight is 400 g/mol. The van der Waals surface area contributed by atoms with Crippen molar-refractivity contribution in [3.63, 3.8) is 0 Å². The second-order valence-electron chi connectivity index (χ2n) is 5.74. The van der Waals surface area contributed by atoms with Crippen molar-refractivity contribution in [2.24, 2.45) is 0 Å². The van der Waals surface area contributed by atoms with Crippen LogP contribution in [0.25, 0.3) is 22.1 Å². The van der Waals surface area contributed by atoms with E-state index in [4.69, 9.17) is 0 Å². The van der Waals surface area contributed by atoms with E-state index in [0.717, 1.165) is 31.7 Å². The van der Waals surface area contributed by atoms with Crippen LogP contribution in [0.5, 0.6) is 0 Å². The predicted octanol–water partition coefficient (Wildman–Crippen LogP) is 3.29. The number of hydrogen-bond donors (Lipinski definition) is 0. The molecule has 0 saturated heterocycles. The smallest absolute Gasteiger partial charge is 0.274 e. The highest BCUT2D eigenvalue weighted by Gasteiger charge is 2.10. The first-order chi connectivity index (χ1) is 11.5.